The molecule has 60 heavy (non-hydrogen) atoms. The minimum Gasteiger partial charge on any atom is -0.494 e. The molecule has 0 unspecified atom stereocenters. The molecule has 1 aromatic rings. The number of hydrogen-bond donors (Lipinski definition) is 7. The standard InChI is InChI=1S/C44H70N4O12/c1-3-32(31(2)49)16-11-13-28-47-41(53)37(45)17-12-14-27-46-39(51)26-21-34(43(56)57)30-35(50)22-25-38(44(58)59)48-40(52)18-10-8-6-4-5-7-9-15-29-60-36-23-19-33(20-24-36)42(54)55/h19-20,23-24,32,34,37-38H,3-18,21-22,25-30,45H2,1-2H3,(H,46,51)(H,47,53)(H,48,52)(H,54,55)(H,56,57)(H,58,59)/t32-,34+,37-,38-/m0/s1. The summed E-state index contributed by atoms with van der Waals surface area (Å²) in [5.41, 5.74) is 6.20. The number of amides is 3. The summed E-state index contributed by atoms with van der Waals surface area (Å²) >= 11 is 0. The van der Waals surface area contributed by atoms with Crippen molar-refractivity contribution in [3.8, 4) is 5.75 Å². The number of Topliss-reactive ketones (excluding diaryl/α,β-unsaturated/α-hetero) is 2. The summed E-state index contributed by atoms with van der Waals surface area (Å²) in [6.07, 6.45) is 11.3. The van der Waals surface area contributed by atoms with Crippen LogP contribution in [-0.4, -0.2) is 94.3 Å². The molecule has 8 N–H and O–H groups in total. The lowest BCUT2D eigenvalue weighted by atomic mass is 9.94. The van der Waals surface area contributed by atoms with Gasteiger partial charge in [-0.25, -0.2) is 9.59 Å². The van der Waals surface area contributed by atoms with E-state index in [1.807, 2.05) is 6.92 Å². The van der Waals surface area contributed by atoms with Crippen molar-refractivity contribution in [1.29, 1.82) is 0 Å². The Morgan fingerprint density at radius 1 is 0.633 bits per heavy atom. The van der Waals surface area contributed by atoms with Gasteiger partial charge in [-0.1, -0.05) is 51.9 Å². The first-order chi connectivity index (χ1) is 28.6. The van der Waals surface area contributed by atoms with Crippen LogP contribution in [0.15, 0.2) is 24.3 Å². The van der Waals surface area contributed by atoms with Crippen molar-refractivity contribution < 1.29 is 58.4 Å². The first kappa shape index (κ1) is 53.2. The monoisotopic (exact) mass is 846 g/mol. The third kappa shape index (κ3) is 25.6. The van der Waals surface area contributed by atoms with E-state index < -0.39 is 47.6 Å². The zero-order chi connectivity index (χ0) is 44.7. The zero-order valence-electron chi connectivity index (χ0n) is 35.7. The van der Waals surface area contributed by atoms with E-state index in [2.05, 4.69) is 16.0 Å². The van der Waals surface area contributed by atoms with Gasteiger partial charge in [0.25, 0.3) is 0 Å². The summed E-state index contributed by atoms with van der Waals surface area (Å²) in [6, 6.07) is 4.33. The molecule has 0 aliphatic heterocycles. The van der Waals surface area contributed by atoms with Crippen LogP contribution in [0.5, 0.6) is 5.75 Å². The molecule has 16 heteroatoms. The average molecular weight is 847 g/mol. The third-order valence-corrected chi connectivity index (χ3v) is 10.5. The summed E-state index contributed by atoms with van der Waals surface area (Å²) in [5, 5.41) is 36.2. The molecule has 0 radical (unpaired) electrons. The molecule has 4 atom stereocenters. The highest BCUT2D eigenvalue weighted by Crippen LogP contribution is 2.17. The molecule has 0 spiro atoms. The van der Waals surface area contributed by atoms with Crippen LogP contribution in [0.25, 0.3) is 0 Å². The maximum atomic E-state index is 12.6. The van der Waals surface area contributed by atoms with Crippen LogP contribution in [-0.2, 0) is 33.6 Å². The number of ether oxygens (including phenoxy) is 1. The van der Waals surface area contributed by atoms with E-state index in [1.165, 1.54) is 12.1 Å². The van der Waals surface area contributed by atoms with Gasteiger partial charge in [-0.05, 0) is 95.4 Å². The minimum atomic E-state index is -1.28. The Kier molecular flexibility index (Phi) is 28.3. The molecule has 0 heterocycles. The number of nitrogens with one attached hydrogen (secondary N) is 3. The van der Waals surface area contributed by atoms with Gasteiger partial charge in [0, 0.05) is 44.7 Å². The second-order valence-corrected chi connectivity index (χ2v) is 15.5. The normalized spacial score (nSPS) is 13.0. The number of carboxylic acids is 3. The Morgan fingerprint density at radius 3 is 1.82 bits per heavy atom. The highest BCUT2D eigenvalue weighted by molar-refractivity contribution is 5.88. The number of benzene rings is 1. The van der Waals surface area contributed by atoms with Crippen LogP contribution < -0.4 is 26.4 Å². The SMILES string of the molecule is CC[C@@H](CCCCNC(=O)[C@@H](N)CCCCNC(=O)CC[C@H](CC(=O)CC[C@H](NC(=O)CCCCCCCCCCOc1ccc(C(=O)O)cc1)C(=O)O)C(=O)O)C(C)=O. The van der Waals surface area contributed by atoms with E-state index in [9.17, 15) is 48.6 Å². The highest BCUT2D eigenvalue weighted by atomic mass is 16.5. The molecule has 0 saturated heterocycles. The van der Waals surface area contributed by atoms with E-state index in [0.29, 0.717) is 51.1 Å². The maximum absolute atomic E-state index is 12.6. The smallest absolute Gasteiger partial charge is 0.335 e. The maximum Gasteiger partial charge on any atom is 0.335 e. The number of carbonyl (C=O) groups is 8. The van der Waals surface area contributed by atoms with Gasteiger partial charge in [-0.15, -0.1) is 0 Å². The Hall–Kier alpha value is -4.86. The van der Waals surface area contributed by atoms with Crippen LogP contribution in [0.1, 0.15) is 159 Å². The van der Waals surface area contributed by atoms with Gasteiger partial charge in [0.2, 0.25) is 17.7 Å². The fourth-order valence-corrected chi connectivity index (χ4v) is 6.65. The first-order valence-corrected chi connectivity index (χ1v) is 21.7. The van der Waals surface area contributed by atoms with Crippen molar-refractivity contribution in [2.75, 3.05) is 19.7 Å². The predicted molar refractivity (Wildman–Crippen MR) is 225 cm³/mol. The van der Waals surface area contributed by atoms with Crippen LogP contribution in [0.4, 0.5) is 0 Å². The fraction of sp³-hybridized carbons (Fsp3) is 0.682. The Bertz CT molecular complexity index is 1490. The highest BCUT2D eigenvalue weighted by Gasteiger charge is 2.25. The summed E-state index contributed by atoms with van der Waals surface area (Å²) in [4.78, 5) is 95.7. The van der Waals surface area contributed by atoms with Crippen molar-refractivity contribution in [2.45, 2.75) is 161 Å². The lowest BCUT2D eigenvalue weighted by Gasteiger charge is -2.15. The van der Waals surface area contributed by atoms with Gasteiger partial charge >= 0.3 is 17.9 Å². The molecule has 0 fully saturated rings. The van der Waals surface area contributed by atoms with E-state index in [-0.39, 0.29) is 67.6 Å². The molecule has 1 rings (SSSR count). The second-order valence-electron chi connectivity index (χ2n) is 15.5. The number of carbonyl (C=O) groups excluding carboxylic acids is 5. The van der Waals surface area contributed by atoms with E-state index in [4.69, 9.17) is 15.6 Å². The quantitative estimate of drug-likeness (QED) is 0.0404. The second kappa shape index (κ2) is 32.0. The molecule has 0 aromatic heterocycles. The van der Waals surface area contributed by atoms with Crippen molar-refractivity contribution in [1.82, 2.24) is 16.0 Å². The number of aromatic carboxylic acids is 1. The summed E-state index contributed by atoms with van der Waals surface area (Å²) in [7, 11) is 0. The Morgan fingerprint density at radius 2 is 1.23 bits per heavy atom. The van der Waals surface area contributed by atoms with Gasteiger partial charge in [-0.2, -0.15) is 0 Å². The fourth-order valence-electron chi connectivity index (χ4n) is 6.65. The number of ketones is 2. The van der Waals surface area contributed by atoms with Crippen LogP contribution in [0.3, 0.4) is 0 Å². The molecule has 0 bridgehead atoms. The van der Waals surface area contributed by atoms with Crippen LogP contribution >= 0.6 is 0 Å². The van der Waals surface area contributed by atoms with Crippen LogP contribution in [0.2, 0.25) is 0 Å². The Labute approximate surface area is 354 Å². The number of carboxylic acid groups (broad SMARTS) is 3. The van der Waals surface area contributed by atoms with E-state index in [1.54, 1.807) is 19.1 Å². The van der Waals surface area contributed by atoms with Gasteiger partial charge in [-0.3, -0.25) is 28.8 Å². The van der Waals surface area contributed by atoms with Gasteiger partial charge < -0.3 is 41.7 Å². The molecular formula is C44H70N4O12. The molecule has 338 valence electrons. The average Bonchev–Trinajstić information content (AvgIpc) is 3.20. The molecule has 0 aliphatic carbocycles. The van der Waals surface area contributed by atoms with E-state index in [0.717, 1.165) is 70.6 Å². The van der Waals surface area contributed by atoms with Crippen molar-refractivity contribution in [3.05, 3.63) is 29.8 Å². The molecule has 3 amide bonds. The predicted octanol–water partition coefficient (Wildman–Crippen LogP) is 5.58. The zero-order valence-corrected chi connectivity index (χ0v) is 35.7. The lowest BCUT2D eigenvalue weighted by molar-refractivity contribution is -0.145. The number of hydrogen-bond acceptors (Lipinski definition) is 10. The molecule has 0 saturated carbocycles. The van der Waals surface area contributed by atoms with Crippen molar-refractivity contribution in [2.24, 2.45) is 17.6 Å². The van der Waals surface area contributed by atoms with Gasteiger partial charge in [0.1, 0.15) is 23.4 Å². The van der Waals surface area contributed by atoms with Crippen molar-refractivity contribution >= 4 is 47.2 Å². The van der Waals surface area contributed by atoms with E-state index >= 15 is 0 Å². The van der Waals surface area contributed by atoms with Crippen molar-refractivity contribution in [3.63, 3.8) is 0 Å². The van der Waals surface area contributed by atoms with Crippen LogP contribution in [0, 0.1) is 11.8 Å². The summed E-state index contributed by atoms with van der Waals surface area (Å²) < 4.78 is 5.64. The topological polar surface area (TPSA) is 269 Å². The molecular weight excluding hydrogens is 777 g/mol. The first-order valence-electron chi connectivity index (χ1n) is 21.7. The molecule has 16 nitrogen and oxygen atoms in total. The summed E-state index contributed by atoms with van der Waals surface area (Å²) in [6.45, 7) is 4.94. The molecule has 0 aliphatic rings. The minimum absolute atomic E-state index is 0.0622. The largest absolute Gasteiger partial charge is 0.494 e. The number of aliphatic carboxylic acids is 2. The summed E-state index contributed by atoms with van der Waals surface area (Å²) in [5.74, 6) is -5.25. The number of rotatable bonds is 37. The Balaban J connectivity index is 2.18. The number of unbranched alkanes of at least 4 members (excludes halogenated alkanes) is 9. The van der Waals surface area contributed by atoms with Gasteiger partial charge in [0.05, 0.1) is 24.1 Å². The lowest BCUT2D eigenvalue weighted by Crippen LogP contribution is -2.41. The number of nitrogens with two attached hydrogens (primary N) is 1. The third-order valence-electron chi connectivity index (χ3n) is 10.5. The molecule has 1 aromatic carbocycles. The van der Waals surface area contributed by atoms with Gasteiger partial charge in [0.15, 0.2) is 0 Å².